The van der Waals surface area contributed by atoms with Crippen molar-refractivity contribution in [3.05, 3.63) is 35.9 Å². The third-order valence-electron chi connectivity index (χ3n) is 5.85. The lowest BCUT2D eigenvalue weighted by Crippen LogP contribution is -2.43. The van der Waals surface area contributed by atoms with Crippen LogP contribution in [0.4, 0.5) is 0 Å². The van der Waals surface area contributed by atoms with E-state index in [-0.39, 0.29) is 18.1 Å². The van der Waals surface area contributed by atoms with Crippen LogP contribution in [0.15, 0.2) is 30.3 Å². The van der Waals surface area contributed by atoms with Crippen molar-refractivity contribution in [3.63, 3.8) is 0 Å². The molecule has 0 radical (unpaired) electrons. The summed E-state index contributed by atoms with van der Waals surface area (Å²) in [6.07, 6.45) is 4.50. The van der Waals surface area contributed by atoms with Gasteiger partial charge in [-0.1, -0.05) is 30.3 Å². The van der Waals surface area contributed by atoms with E-state index in [0.717, 1.165) is 45.6 Å². The van der Waals surface area contributed by atoms with Gasteiger partial charge in [-0.15, -0.1) is 0 Å². The van der Waals surface area contributed by atoms with E-state index < -0.39 is 0 Å². The van der Waals surface area contributed by atoms with Crippen molar-refractivity contribution in [1.82, 2.24) is 10.2 Å². The van der Waals surface area contributed by atoms with Gasteiger partial charge in [-0.3, -0.25) is 9.69 Å². The first-order valence-corrected chi connectivity index (χ1v) is 10.0. The molecule has 2 aliphatic heterocycles. The molecule has 0 unspecified atom stereocenters. The molecule has 1 aromatic rings. The maximum atomic E-state index is 12.3. The van der Waals surface area contributed by atoms with E-state index in [1.54, 1.807) is 0 Å². The summed E-state index contributed by atoms with van der Waals surface area (Å²) in [4.78, 5) is 14.7. The quantitative estimate of drug-likeness (QED) is 0.724. The van der Waals surface area contributed by atoms with Crippen LogP contribution in [0, 0.1) is 11.8 Å². The summed E-state index contributed by atoms with van der Waals surface area (Å²) in [6, 6.07) is 10.3. The number of ether oxygens (including phenoxy) is 2. The molecule has 5 nitrogen and oxygen atoms in total. The van der Waals surface area contributed by atoms with Crippen molar-refractivity contribution < 1.29 is 14.3 Å². The van der Waals surface area contributed by atoms with Crippen LogP contribution in [0.25, 0.3) is 0 Å². The van der Waals surface area contributed by atoms with Crippen LogP contribution < -0.4 is 5.32 Å². The van der Waals surface area contributed by atoms with Gasteiger partial charge in [-0.25, -0.2) is 0 Å². The van der Waals surface area contributed by atoms with Gasteiger partial charge < -0.3 is 14.8 Å². The van der Waals surface area contributed by atoms with Gasteiger partial charge in [-0.05, 0) is 49.6 Å². The van der Waals surface area contributed by atoms with Gasteiger partial charge in [0, 0.05) is 19.6 Å². The first-order valence-electron chi connectivity index (χ1n) is 10.0. The second-order valence-corrected chi connectivity index (χ2v) is 7.97. The molecule has 1 amide bonds. The highest BCUT2D eigenvalue weighted by atomic mass is 16.5. The zero-order valence-corrected chi connectivity index (χ0v) is 15.4. The summed E-state index contributed by atoms with van der Waals surface area (Å²) in [7, 11) is 0. The Morgan fingerprint density at radius 3 is 2.88 bits per heavy atom. The largest absolute Gasteiger partial charge is 0.375 e. The molecule has 3 aliphatic rings. The summed E-state index contributed by atoms with van der Waals surface area (Å²) in [5, 5.41) is 3.07. The lowest BCUT2D eigenvalue weighted by atomic mass is 9.91. The zero-order valence-electron chi connectivity index (χ0n) is 15.4. The van der Waals surface area contributed by atoms with Crippen LogP contribution in [0.3, 0.4) is 0 Å². The monoisotopic (exact) mass is 358 g/mol. The molecule has 3 atom stereocenters. The fourth-order valence-corrected chi connectivity index (χ4v) is 4.00. The lowest BCUT2D eigenvalue weighted by Gasteiger charge is -2.33. The number of benzene rings is 1. The molecule has 1 N–H and O–H groups in total. The van der Waals surface area contributed by atoms with Crippen molar-refractivity contribution >= 4 is 5.91 Å². The number of nitrogens with zero attached hydrogens (tertiary/aromatic N) is 1. The van der Waals surface area contributed by atoms with E-state index in [2.05, 4.69) is 22.3 Å². The zero-order chi connectivity index (χ0) is 17.8. The van der Waals surface area contributed by atoms with Gasteiger partial charge in [0.05, 0.1) is 19.3 Å². The van der Waals surface area contributed by atoms with E-state index in [9.17, 15) is 4.79 Å². The third kappa shape index (κ3) is 4.84. The first-order chi connectivity index (χ1) is 12.8. The SMILES string of the molecule is O=C(NCC1CC1)[C@@H]1C[C@@H]2CCN(CCOCc3ccccc3)C[C@@H]2O1. The number of nitrogens with one attached hydrogen (secondary N) is 1. The van der Waals surface area contributed by atoms with Crippen LogP contribution >= 0.6 is 0 Å². The van der Waals surface area contributed by atoms with Gasteiger partial charge >= 0.3 is 0 Å². The molecule has 2 heterocycles. The normalized spacial score (nSPS) is 28.7. The van der Waals surface area contributed by atoms with Crippen molar-refractivity contribution in [1.29, 1.82) is 0 Å². The van der Waals surface area contributed by atoms with Crippen molar-refractivity contribution in [3.8, 4) is 0 Å². The van der Waals surface area contributed by atoms with Crippen molar-refractivity contribution in [2.24, 2.45) is 11.8 Å². The molecular weight excluding hydrogens is 328 g/mol. The second-order valence-electron chi connectivity index (χ2n) is 7.97. The van der Waals surface area contributed by atoms with Gasteiger partial charge in [0.25, 0.3) is 0 Å². The molecule has 5 heteroatoms. The van der Waals surface area contributed by atoms with Crippen molar-refractivity contribution in [2.75, 3.05) is 32.8 Å². The number of carbonyl (C=O) groups is 1. The van der Waals surface area contributed by atoms with Crippen LogP contribution in [-0.4, -0.2) is 55.8 Å². The highest BCUT2D eigenvalue weighted by molar-refractivity contribution is 5.81. The van der Waals surface area contributed by atoms with Crippen LogP contribution in [-0.2, 0) is 20.9 Å². The van der Waals surface area contributed by atoms with Gasteiger partial charge in [0.1, 0.15) is 6.10 Å². The summed E-state index contributed by atoms with van der Waals surface area (Å²) in [5.74, 6) is 1.35. The molecule has 1 aromatic carbocycles. The minimum atomic E-state index is -0.238. The average Bonchev–Trinajstić information content (AvgIpc) is 3.41. The molecule has 4 rings (SSSR count). The molecule has 3 fully saturated rings. The Morgan fingerprint density at radius 2 is 2.08 bits per heavy atom. The molecule has 0 aromatic heterocycles. The van der Waals surface area contributed by atoms with Crippen molar-refractivity contribution in [2.45, 2.75) is 44.5 Å². The summed E-state index contributed by atoms with van der Waals surface area (Å²) in [5.41, 5.74) is 1.21. The minimum Gasteiger partial charge on any atom is -0.375 e. The Bertz CT molecular complexity index is 590. The second kappa shape index (κ2) is 8.51. The maximum Gasteiger partial charge on any atom is 0.249 e. The van der Waals surface area contributed by atoms with E-state index in [4.69, 9.17) is 9.47 Å². The molecule has 1 aliphatic carbocycles. The fraction of sp³-hybridized carbons (Fsp3) is 0.667. The summed E-state index contributed by atoms with van der Waals surface area (Å²) in [6.45, 7) is 5.16. The Balaban J connectivity index is 1.15. The minimum absolute atomic E-state index is 0.101. The molecule has 142 valence electrons. The number of piperidine rings is 1. The highest BCUT2D eigenvalue weighted by Crippen LogP contribution is 2.33. The topological polar surface area (TPSA) is 50.8 Å². The van der Waals surface area contributed by atoms with Crippen LogP contribution in [0.2, 0.25) is 0 Å². The van der Waals surface area contributed by atoms with Crippen LogP contribution in [0.1, 0.15) is 31.2 Å². The Morgan fingerprint density at radius 1 is 1.23 bits per heavy atom. The average molecular weight is 358 g/mol. The Hall–Kier alpha value is -1.43. The van der Waals surface area contributed by atoms with E-state index in [0.29, 0.717) is 18.4 Å². The Kier molecular flexibility index (Phi) is 5.88. The number of likely N-dealkylation sites (tertiary alicyclic amines) is 1. The van der Waals surface area contributed by atoms with Gasteiger partial charge in [0.2, 0.25) is 5.91 Å². The summed E-state index contributed by atoms with van der Waals surface area (Å²) < 4.78 is 11.9. The molecule has 0 bridgehead atoms. The van der Waals surface area contributed by atoms with E-state index >= 15 is 0 Å². The van der Waals surface area contributed by atoms with Crippen LogP contribution in [0.5, 0.6) is 0 Å². The van der Waals surface area contributed by atoms with Gasteiger partial charge in [-0.2, -0.15) is 0 Å². The predicted molar refractivity (Wildman–Crippen MR) is 99.7 cm³/mol. The number of amides is 1. The molecule has 26 heavy (non-hydrogen) atoms. The standard InChI is InChI=1S/C21H30N2O3/c24-21(22-13-16-6-7-16)19-12-18-8-9-23(14-20(18)26-19)10-11-25-15-17-4-2-1-3-5-17/h1-5,16,18-20H,6-15H2,(H,22,24)/t18-,19-,20-/m0/s1. The smallest absolute Gasteiger partial charge is 0.249 e. The van der Waals surface area contributed by atoms with E-state index in [1.807, 2.05) is 18.2 Å². The maximum absolute atomic E-state index is 12.3. The number of fused-ring (bicyclic) bond motifs is 1. The Labute approximate surface area is 156 Å². The summed E-state index contributed by atoms with van der Waals surface area (Å²) >= 11 is 0. The fourth-order valence-electron chi connectivity index (χ4n) is 4.00. The van der Waals surface area contributed by atoms with E-state index in [1.165, 1.54) is 18.4 Å². The van der Waals surface area contributed by atoms with Gasteiger partial charge in [0.15, 0.2) is 0 Å². The molecular formula is C21H30N2O3. The predicted octanol–water partition coefficient (Wildman–Crippen LogP) is 2.21. The number of hydrogen-bond acceptors (Lipinski definition) is 4. The number of hydrogen-bond donors (Lipinski definition) is 1. The first kappa shape index (κ1) is 18.0. The molecule has 0 spiro atoms. The number of rotatable bonds is 8. The highest BCUT2D eigenvalue weighted by Gasteiger charge is 2.41. The number of carbonyl (C=O) groups excluding carboxylic acids is 1. The molecule has 2 saturated heterocycles. The molecule has 1 saturated carbocycles. The lowest BCUT2D eigenvalue weighted by molar-refractivity contribution is -0.133. The third-order valence-corrected chi connectivity index (χ3v) is 5.85.